The molecule has 0 radical (unpaired) electrons. The van der Waals surface area contributed by atoms with Crippen LogP contribution in [0.25, 0.3) is 11.0 Å². The fourth-order valence-corrected chi connectivity index (χ4v) is 3.52. The van der Waals surface area contributed by atoms with Crippen molar-refractivity contribution in [2.45, 2.75) is 43.8 Å². The van der Waals surface area contributed by atoms with E-state index >= 15 is 0 Å². The fraction of sp³-hybridized carbons (Fsp3) is 0.562. The average molecular weight is 318 g/mol. The number of fused-ring (bicyclic) bond motifs is 1. The molecule has 0 saturated heterocycles. The molecule has 6 heteroatoms. The van der Waals surface area contributed by atoms with Crippen molar-refractivity contribution in [3.63, 3.8) is 0 Å². The summed E-state index contributed by atoms with van der Waals surface area (Å²) < 4.78 is 0. The van der Waals surface area contributed by atoms with E-state index in [0.717, 1.165) is 21.9 Å². The molecule has 1 saturated carbocycles. The van der Waals surface area contributed by atoms with Gasteiger partial charge in [0.05, 0.1) is 12.6 Å². The van der Waals surface area contributed by atoms with E-state index in [2.05, 4.69) is 20.3 Å². The van der Waals surface area contributed by atoms with Gasteiger partial charge >= 0.3 is 0 Å². The normalized spacial score (nSPS) is 17.0. The maximum absolute atomic E-state index is 9.69. The number of nitrogens with zero attached hydrogens (tertiary/aromatic N) is 3. The first-order valence-corrected chi connectivity index (χ1v) is 8.99. The van der Waals surface area contributed by atoms with Gasteiger partial charge in [0.2, 0.25) is 0 Å². The molecule has 22 heavy (non-hydrogen) atoms. The van der Waals surface area contributed by atoms with Crippen molar-refractivity contribution >= 4 is 28.6 Å². The maximum Gasteiger partial charge on any atom is 0.189 e. The molecule has 1 atom stereocenters. The van der Waals surface area contributed by atoms with E-state index in [-0.39, 0.29) is 12.6 Å². The molecule has 1 aliphatic carbocycles. The van der Waals surface area contributed by atoms with Gasteiger partial charge in [0.1, 0.15) is 5.82 Å². The first-order chi connectivity index (χ1) is 10.7. The lowest BCUT2D eigenvalue weighted by atomic mass is 9.99. The second-order valence-electron chi connectivity index (χ2n) is 5.90. The molecule has 0 aliphatic heterocycles. The average Bonchev–Trinajstić information content (AvgIpc) is 3.06. The highest BCUT2D eigenvalue weighted by Gasteiger charge is 2.24. The zero-order valence-corrected chi connectivity index (χ0v) is 13.9. The summed E-state index contributed by atoms with van der Waals surface area (Å²) in [4.78, 5) is 13.4. The molecule has 1 fully saturated rings. The quantitative estimate of drug-likeness (QED) is 0.652. The standard InChI is InChI=1S/C16H22N4OS/c1-10-7-14(18-13(9-21)11-5-3-4-6-11)19-15-12(10)8-17-16(20-15)22-2/h7-8,11,13,21H,3-6,9H2,1-2H3,(H,17,18,19,20). The minimum atomic E-state index is 0.0775. The summed E-state index contributed by atoms with van der Waals surface area (Å²) in [6.45, 7) is 2.18. The van der Waals surface area contributed by atoms with Crippen LogP contribution in [-0.4, -0.2) is 39.0 Å². The van der Waals surface area contributed by atoms with Crippen LogP contribution in [0.5, 0.6) is 0 Å². The number of aryl methyl sites for hydroxylation is 1. The molecule has 1 unspecified atom stereocenters. The van der Waals surface area contributed by atoms with E-state index in [0.29, 0.717) is 11.6 Å². The molecular formula is C16H22N4OS. The number of nitrogens with one attached hydrogen (secondary N) is 1. The lowest BCUT2D eigenvalue weighted by Crippen LogP contribution is -2.31. The van der Waals surface area contributed by atoms with Gasteiger partial charge in [-0.1, -0.05) is 24.6 Å². The van der Waals surface area contributed by atoms with Crippen LogP contribution in [0.15, 0.2) is 17.4 Å². The molecule has 118 valence electrons. The first-order valence-electron chi connectivity index (χ1n) is 7.77. The summed E-state index contributed by atoms with van der Waals surface area (Å²) in [5, 5.41) is 14.8. The van der Waals surface area contributed by atoms with Crippen molar-refractivity contribution in [2.75, 3.05) is 18.2 Å². The molecule has 0 amide bonds. The third kappa shape index (κ3) is 3.17. The van der Waals surface area contributed by atoms with Gasteiger partial charge in [-0.3, -0.25) is 0 Å². The first kappa shape index (κ1) is 15.5. The predicted molar refractivity (Wildman–Crippen MR) is 90.3 cm³/mol. The van der Waals surface area contributed by atoms with Gasteiger partial charge < -0.3 is 10.4 Å². The Morgan fingerprint density at radius 3 is 2.82 bits per heavy atom. The Balaban J connectivity index is 1.89. The summed E-state index contributed by atoms with van der Waals surface area (Å²) in [6.07, 6.45) is 8.68. The van der Waals surface area contributed by atoms with Crippen molar-refractivity contribution < 1.29 is 5.11 Å². The van der Waals surface area contributed by atoms with Gasteiger partial charge in [0, 0.05) is 11.6 Å². The molecule has 5 nitrogen and oxygen atoms in total. The van der Waals surface area contributed by atoms with Crippen LogP contribution >= 0.6 is 11.8 Å². The number of hydrogen-bond acceptors (Lipinski definition) is 6. The minimum Gasteiger partial charge on any atom is -0.394 e. The minimum absolute atomic E-state index is 0.0775. The fourth-order valence-electron chi connectivity index (χ4n) is 3.18. The summed E-state index contributed by atoms with van der Waals surface area (Å²) in [5.74, 6) is 1.33. The summed E-state index contributed by atoms with van der Waals surface area (Å²) in [5.41, 5.74) is 1.81. The largest absolute Gasteiger partial charge is 0.394 e. The number of aliphatic hydroxyl groups is 1. The highest BCUT2D eigenvalue weighted by atomic mass is 32.2. The second kappa shape index (κ2) is 6.79. The Morgan fingerprint density at radius 1 is 1.36 bits per heavy atom. The number of thioether (sulfide) groups is 1. The van der Waals surface area contributed by atoms with Crippen LogP contribution in [0.4, 0.5) is 5.82 Å². The van der Waals surface area contributed by atoms with Crippen LogP contribution in [0.2, 0.25) is 0 Å². The van der Waals surface area contributed by atoms with E-state index in [1.807, 2.05) is 25.4 Å². The van der Waals surface area contributed by atoms with Crippen molar-refractivity contribution in [3.05, 3.63) is 17.8 Å². The number of pyridine rings is 1. The van der Waals surface area contributed by atoms with Crippen molar-refractivity contribution in [1.82, 2.24) is 15.0 Å². The van der Waals surface area contributed by atoms with E-state index < -0.39 is 0 Å². The van der Waals surface area contributed by atoms with Crippen molar-refractivity contribution in [2.24, 2.45) is 5.92 Å². The van der Waals surface area contributed by atoms with E-state index in [1.54, 1.807) is 0 Å². The van der Waals surface area contributed by atoms with Crippen LogP contribution < -0.4 is 5.32 Å². The van der Waals surface area contributed by atoms with Gasteiger partial charge in [-0.2, -0.15) is 0 Å². The maximum atomic E-state index is 9.69. The second-order valence-corrected chi connectivity index (χ2v) is 6.67. The third-order valence-electron chi connectivity index (χ3n) is 4.43. The molecule has 2 heterocycles. The highest BCUT2D eigenvalue weighted by Crippen LogP contribution is 2.29. The SMILES string of the molecule is CSc1ncc2c(C)cc(NC(CO)C3CCCC3)nc2n1. The molecule has 0 spiro atoms. The number of hydrogen-bond donors (Lipinski definition) is 2. The molecule has 2 aromatic heterocycles. The number of aliphatic hydroxyl groups excluding tert-OH is 1. The van der Waals surface area contributed by atoms with Crippen molar-refractivity contribution in [3.8, 4) is 0 Å². The Labute approximate surface area is 135 Å². The van der Waals surface area contributed by atoms with E-state index in [1.165, 1.54) is 37.4 Å². The van der Waals surface area contributed by atoms with Crippen molar-refractivity contribution in [1.29, 1.82) is 0 Å². The smallest absolute Gasteiger partial charge is 0.189 e. The third-order valence-corrected chi connectivity index (χ3v) is 4.99. The Bertz CT molecular complexity index is 658. The molecule has 2 N–H and O–H groups in total. The number of aromatic nitrogens is 3. The molecule has 0 aromatic carbocycles. The van der Waals surface area contributed by atoms with Crippen LogP contribution in [-0.2, 0) is 0 Å². The number of rotatable bonds is 5. The monoisotopic (exact) mass is 318 g/mol. The lowest BCUT2D eigenvalue weighted by Gasteiger charge is -2.23. The number of anilines is 1. The lowest BCUT2D eigenvalue weighted by molar-refractivity contribution is 0.238. The Morgan fingerprint density at radius 2 is 2.14 bits per heavy atom. The Hall–Kier alpha value is -1.40. The molecule has 3 rings (SSSR count). The summed E-state index contributed by atoms with van der Waals surface area (Å²) >= 11 is 1.51. The topological polar surface area (TPSA) is 70.9 Å². The summed E-state index contributed by atoms with van der Waals surface area (Å²) in [7, 11) is 0. The Kier molecular flexibility index (Phi) is 4.78. The van der Waals surface area contributed by atoms with Gasteiger partial charge in [0.25, 0.3) is 0 Å². The summed E-state index contributed by atoms with van der Waals surface area (Å²) in [6, 6.07) is 2.09. The van der Waals surface area contributed by atoms with Gasteiger partial charge in [-0.15, -0.1) is 0 Å². The zero-order chi connectivity index (χ0) is 15.5. The van der Waals surface area contributed by atoms with Gasteiger partial charge in [-0.05, 0) is 43.6 Å². The van der Waals surface area contributed by atoms with Gasteiger partial charge in [-0.25, -0.2) is 15.0 Å². The molecular weight excluding hydrogens is 296 g/mol. The van der Waals surface area contributed by atoms with Crippen LogP contribution in [0, 0.1) is 12.8 Å². The highest BCUT2D eigenvalue weighted by molar-refractivity contribution is 7.98. The van der Waals surface area contributed by atoms with E-state index in [9.17, 15) is 5.11 Å². The molecule has 2 aromatic rings. The molecule has 1 aliphatic rings. The van der Waals surface area contributed by atoms with Crippen LogP contribution in [0.3, 0.4) is 0 Å². The van der Waals surface area contributed by atoms with E-state index in [4.69, 9.17) is 0 Å². The predicted octanol–water partition coefficient (Wildman–Crippen LogP) is 3.02. The van der Waals surface area contributed by atoms with Crippen LogP contribution in [0.1, 0.15) is 31.2 Å². The molecule has 0 bridgehead atoms. The zero-order valence-electron chi connectivity index (χ0n) is 13.0. The van der Waals surface area contributed by atoms with Gasteiger partial charge in [0.15, 0.2) is 10.8 Å².